The fourth-order valence-electron chi connectivity index (χ4n) is 8.94. The summed E-state index contributed by atoms with van der Waals surface area (Å²) in [6.45, 7) is 11.2. The molecule has 2 aliphatic carbocycles. The molecule has 2 unspecified atom stereocenters. The molecule has 2 atom stereocenters. The first-order valence-electron chi connectivity index (χ1n) is 15.9. The number of allylic oxidation sites excluding steroid dienone is 2. The van der Waals surface area contributed by atoms with Crippen molar-refractivity contribution >= 4 is 42.4 Å². The number of nitrogens with zero attached hydrogens (tertiary/aromatic N) is 1. The van der Waals surface area contributed by atoms with E-state index in [9.17, 15) is 0 Å². The summed E-state index contributed by atoms with van der Waals surface area (Å²) in [5.41, 5.74) is 16.9. The smallest absolute Gasteiger partial charge is 0.0722 e. The van der Waals surface area contributed by atoms with Crippen LogP contribution >= 0.6 is 0 Å². The predicted octanol–water partition coefficient (Wildman–Crippen LogP) is 11.1. The van der Waals surface area contributed by atoms with Crippen molar-refractivity contribution in [2.75, 3.05) is 11.4 Å². The average Bonchev–Trinajstić information content (AvgIpc) is 3.56. The van der Waals surface area contributed by atoms with E-state index in [1.165, 1.54) is 79.5 Å². The minimum absolute atomic E-state index is 0.482. The summed E-state index contributed by atoms with van der Waals surface area (Å²) in [5, 5.41) is 2.64. The first-order chi connectivity index (χ1) is 20.9. The van der Waals surface area contributed by atoms with Crippen LogP contribution in [0.2, 0.25) is 13.1 Å². The van der Waals surface area contributed by atoms with Crippen molar-refractivity contribution in [2.24, 2.45) is 0 Å². The van der Waals surface area contributed by atoms with Crippen molar-refractivity contribution in [3.63, 3.8) is 0 Å². The summed E-state index contributed by atoms with van der Waals surface area (Å²) in [6, 6.07) is 38.7. The molecule has 212 valence electrons. The molecule has 0 saturated heterocycles. The zero-order chi connectivity index (χ0) is 29.3. The summed E-state index contributed by atoms with van der Waals surface area (Å²) in [7, 11) is -1.94. The average molecular weight is 574 g/mol. The standard InChI is InChI=1S/C41H39NSi/c1-27-25-36-33(32-18-9-15-29-13-5-7-17-31(29)32)19-10-20-34(36)40(27)43(3,4)41-28(2)26-37-35(41)21-11-23-39(37)42-24-12-16-30-14-6-8-22-38(30)42/h5-11,13-15,17-23,25-26,40-41H,12,16,24H2,1-4H3. The van der Waals surface area contributed by atoms with Crippen molar-refractivity contribution in [1.82, 2.24) is 0 Å². The monoisotopic (exact) mass is 573 g/mol. The zero-order valence-electron chi connectivity index (χ0n) is 25.7. The number of aryl methyl sites for hydroxylation is 1. The minimum atomic E-state index is -1.94. The van der Waals surface area contributed by atoms with Crippen LogP contribution in [0.15, 0.2) is 114 Å². The lowest BCUT2D eigenvalue weighted by Gasteiger charge is -2.39. The summed E-state index contributed by atoms with van der Waals surface area (Å²) in [4.78, 5) is 2.59. The molecule has 43 heavy (non-hydrogen) atoms. The Labute approximate surface area is 257 Å². The molecule has 3 aliphatic rings. The van der Waals surface area contributed by atoms with E-state index in [0.717, 1.165) is 6.54 Å². The second-order valence-electron chi connectivity index (χ2n) is 13.5. The summed E-state index contributed by atoms with van der Waals surface area (Å²) in [6.07, 6.45) is 7.42. The lowest BCUT2D eigenvalue weighted by Crippen LogP contribution is -2.42. The molecule has 1 aliphatic heterocycles. The van der Waals surface area contributed by atoms with Gasteiger partial charge in [0, 0.05) is 34.6 Å². The highest BCUT2D eigenvalue weighted by Gasteiger charge is 2.47. The van der Waals surface area contributed by atoms with E-state index in [2.05, 4.69) is 147 Å². The summed E-state index contributed by atoms with van der Waals surface area (Å²) >= 11 is 0. The number of fused-ring (bicyclic) bond motifs is 4. The molecule has 0 bridgehead atoms. The number of rotatable bonds is 4. The van der Waals surface area contributed by atoms with Gasteiger partial charge in [0.25, 0.3) is 0 Å². The molecule has 1 nitrogen and oxygen atoms in total. The molecule has 1 heterocycles. The van der Waals surface area contributed by atoms with Crippen LogP contribution in [0.3, 0.4) is 0 Å². The zero-order valence-corrected chi connectivity index (χ0v) is 26.7. The van der Waals surface area contributed by atoms with Gasteiger partial charge in [0.1, 0.15) is 0 Å². The lowest BCUT2D eigenvalue weighted by molar-refractivity contribution is 0.766. The van der Waals surface area contributed by atoms with Crippen LogP contribution in [0.5, 0.6) is 0 Å². The Hall–Kier alpha value is -4.14. The number of para-hydroxylation sites is 1. The SMILES string of the molecule is CC1=Cc2c(-c3cccc4ccccc34)cccc2C1[Si](C)(C)C1C(C)=Cc2c1cccc2N1CCCc2ccccc21. The molecule has 0 amide bonds. The molecule has 0 spiro atoms. The normalized spacial score (nSPS) is 19.1. The summed E-state index contributed by atoms with van der Waals surface area (Å²) < 4.78 is 0. The van der Waals surface area contributed by atoms with Crippen LogP contribution in [0.25, 0.3) is 34.1 Å². The molecular weight excluding hydrogens is 535 g/mol. The third kappa shape index (κ3) is 4.03. The van der Waals surface area contributed by atoms with Crippen LogP contribution in [0.4, 0.5) is 11.4 Å². The Bertz CT molecular complexity index is 1970. The molecule has 0 aromatic heterocycles. The van der Waals surface area contributed by atoms with Crippen LogP contribution in [-0.2, 0) is 6.42 Å². The number of hydrogen-bond donors (Lipinski definition) is 0. The Kier molecular flexibility index (Phi) is 6.13. The van der Waals surface area contributed by atoms with E-state index >= 15 is 0 Å². The van der Waals surface area contributed by atoms with E-state index in [1.54, 1.807) is 5.56 Å². The second kappa shape index (κ2) is 9.96. The van der Waals surface area contributed by atoms with Gasteiger partial charge >= 0.3 is 0 Å². The fraction of sp³-hybridized carbons (Fsp3) is 0.220. The Morgan fingerprint density at radius 3 is 2.05 bits per heavy atom. The van der Waals surface area contributed by atoms with E-state index in [0.29, 0.717) is 11.1 Å². The van der Waals surface area contributed by atoms with Gasteiger partial charge in [0.2, 0.25) is 0 Å². The van der Waals surface area contributed by atoms with Crippen molar-refractivity contribution in [2.45, 2.75) is 50.9 Å². The van der Waals surface area contributed by atoms with Gasteiger partial charge in [-0.3, -0.25) is 0 Å². The molecule has 5 aromatic rings. The molecule has 0 fully saturated rings. The largest absolute Gasteiger partial charge is 0.341 e. The molecule has 5 aromatic carbocycles. The highest BCUT2D eigenvalue weighted by atomic mass is 28.3. The topological polar surface area (TPSA) is 3.24 Å². The van der Waals surface area contributed by atoms with Gasteiger partial charge in [-0.15, -0.1) is 0 Å². The van der Waals surface area contributed by atoms with Crippen LogP contribution < -0.4 is 4.90 Å². The van der Waals surface area contributed by atoms with Crippen molar-refractivity contribution in [3.8, 4) is 11.1 Å². The number of anilines is 2. The quantitative estimate of drug-likeness (QED) is 0.193. The van der Waals surface area contributed by atoms with Gasteiger partial charge in [0.05, 0.1) is 8.07 Å². The maximum atomic E-state index is 2.65. The van der Waals surface area contributed by atoms with Gasteiger partial charge in [-0.1, -0.05) is 127 Å². The highest BCUT2D eigenvalue weighted by Crippen LogP contribution is 2.55. The van der Waals surface area contributed by atoms with Crippen molar-refractivity contribution in [3.05, 3.63) is 142 Å². The van der Waals surface area contributed by atoms with E-state index < -0.39 is 8.07 Å². The third-order valence-corrected chi connectivity index (χ3v) is 15.0. The highest BCUT2D eigenvalue weighted by molar-refractivity contribution is 6.81. The maximum absolute atomic E-state index is 2.65. The number of benzene rings is 5. The third-order valence-electron chi connectivity index (χ3n) is 10.5. The lowest BCUT2D eigenvalue weighted by atomic mass is 9.93. The maximum Gasteiger partial charge on any atom is 0.0722 e. The first kappa shape index (κ1) is 26.5. The van der Waals surface area contributed by atoms with Crippen molar-refractivity contribution < 1.29 is 0 Å². The number of hydrogen-bond acceptors (Lipinski definition) is 1. The fourth-order valence-corrected chi connectivity index (χ4v) is 13.9. The first-order valence-corrected chi connectivity index (χ1v) is 19.0. The minimum Gasteiger partial charge on any atom is -0.341 e. The summed E-state index contributed by atoms with van der Waals surface area (Å²) in [5.74, 6) is 0. The molecule has 0 radical (unpaired) electrons. The van der Waals surface area contributed by atoms with Crippen LogP contribution in [-0.4, -0.2) is 14.6 Å². The van der Waals surface area contributed by atoms with E-state index in [4.69, 9.17) is 0 Å². The Balaban J connectivity index is 1.22. The second-order valence-corrected chi connectivity index (χ2v) is 18.3. The van der Waals surface area contributed by atoms with Crippen LogP contribution in [0.1, 0.15) is 59.2 Å². The molecule has 0 N–H and O–H groups in total. The molecule has 2 heteroatoms. The van der Waals surface area contributed by atoms with Gasteiger partial charge in [-0.05, 0) is 83.0 Å². The predicted molar refractivity (Wildman–Crippen MR) is 188 cm³/mol. The van der Waals surface area contributed by atoms with Crippen LogP contribution in [0, 0.1) is 0 Å². The van der Waals surface area contributed by atoms with Crippen molar-refractivity contribution in [1.29, 1.82) is 0 Å². The van der Waals surface area contributed by atoms with Gasteiger partial charge < -0.3 is 4.90 Å². The van der Waals surface area contributed by atoms with Gasteiger partial charge in [-0.25, -0.2) is 0 Å². The van der Waals surface area contributed by atoms with E-state index in [1.807, 2.05) is 0 Å². The Morgan fingerprint density at radius 2 is 1.21 bits per heavy atom. The van der Waals surface area contributed by atoms with E-state index in [-0.39, 0.29) is 0 Å². The molecule has 8 rings (SSSR count). The van der Waals surface area contributed by atoms with Gasteiger partial charge in [-0.2, -0.15) is 0 Å². The molecular formula is C41H39NSi. The Morgan fingerprint density at radius 1 is 0.605 bits per heavy atom. The van der Waals surface area contributed by atoms with Gasteiger partial charge in [0.15, 0.2) is 0 Å². The molecule has 0 saturated carbocycles.